The highest BCUT2D eigenvalue weighted by molar-refractivity contribution is 5.75. The van der Waals surface area contributed by atoms with Gasteiger partial charge in [-0.3, -0.25) is 4.79 Å². The molecule has 0 aromatic carbocycles. The normalized spacial score (nSPS) is 12.4. The van der Waals surface area contributed by atoms with Crippen LogP contribution in [0.25, 0.3) is 0 Å². The second kappa shape index (κ2) is 7.06. The van der Waals surface area contributed by atoms with Gasteiger partial charge < -0.3 is 15.1 Å². The number of carbonyl (C=O) groups excluding carboxylic acids is 1. The summed E-state index contributed by atoms with van der Waals surface area (Å²) in [5.41, 5.74) is 1.11. The minimum absolute atomic E-state index is 0.105. The minimum atomic E-state index is 0.105. The van der Waals surface area contributed by atoms with Gasteiger partial charge in [0, 0.05) is 31.1 Å². The fourth-order valence-electron chi connectivity index (χ4n) is 1.39. The van der Waals surface area contributed by atoms with Crippen molar-refractivity contribution in [3.05, 3.63) is 24.2 Å². The van der Waals surface area contributed by atoms with Gasteiger partial charge in [0.15, 0.2) is 0 Å². The first-order valence-corrected chi connectivity index (χ1v) is 5.76. The van der Waals surface area contributed by atoms with E-state index in [-0.39, 0.29) is 11.9 Å². The Hall–Kier alpha value is -1.29. The average molecular weight is 224 g/mol. The SMILES string of the molecule is CCCNC(=O)CCNC(C)c1ccoc1. The Balaban J connectivity index is 2.13. The molecule has 1 amide bonds. The molecule has 0 aliphatic heterocycles. The lowest BCUT2D eigenvalue weighted by Crippen LogP contribution is -2.29. The third-order valence-electron chi connectivity index (χ3n) is 2.42. The maximum Gasteiger partial charge on any atom is 0.221 e. The fraction of sp³-hybridized carbons (Fsp3) is 0.583. The number of carbonyl (C=O) groups is 1. The summed E-state index contributed by atoms with van der Waals surface area (Å²) in [6, 6.07) is 2.15. The average Bonchev–Trinajstić information content (AvgIpc) is 2.79. The Bertz CT molecular complexity index is 296. The van der Waals surface area contributed by atoms with Gasteiger partial charge in [0.05, 0.1) is 12.5 Å². The van der Waals surface area contributed by atoms with Gasteiger partial charge >= 0.3 is 0 Å². The van der Waals surface area contributed by atoms with E-state index in [0.29, 0.717) is 13.0 Å². The quantitative estimate of drug-likeness (QED) is 0.743. The molecular formula is C12H20N2O2. The van der Waals surface area contributed by atoms with Crippen LogP contribution in [0.4, 0.5) is 0 Å². The van der Waals surface area contributed by atoms with Gasteiger partial charge in [-0.2, -0.15) is 0 Å². The van der Waals surface area contributed by atoms with Crippen molar-refractivity contribution in [3.8, 4) is 0 Å². The molecule has 0 fully saturated rings. The Morgan fingerprint density at radius 1 is 1.50 bits per heavy atom. The van der Waals surface area contributed by atoms with Crippen molar-refractivity contribution in [1.29, 1.82) is 0 Å². The fourth-order valence-corrected chi connectivity index (χ4v) is 1.39. The Morgan fingerprint density at radius 2 is 2.31 bits per heavy atom. The Morgan fingerprint density at radius 3 is 2.94 bits per heavy atom. The maximum atomic E-state index is 11.3. The number of nitrogens with one attached hydrogen (secondary N) is 2. The van der Waals surface area contributed by atoms with Crippen molar-refractivity contribution in [3.63, 3.8) is 0 Å². The molecule has 16 heavy (non-hydrogen) atoms. The maximum absolute atomic E-state index is 11.3. The molecule has 1 aromatic heterocycles. The highest BCUT2D eigenvalue weighted by Crippen LogP contribution is 2.11. The largest absolute Gasteiger partial charge is 0.472 e. The second-order valence-electron chi connectivity index (χ2n) is 3.83. The molecule has 4 heteroatoms. The molecule has 2 N–H and O–H groups in total. The van der Waals surface area contributed by atoms with Crippen LogP contribution < -0.4 is 10.6 Å². The first-order valence-electron chi connectivity index (χ1n) is 5.76. The molecule has 1 aromatic rings. The van der Waals surface area contributed by atoms with Crippen molar-refractivity contribution < 1.29 is 9.21 Å². The summed E-state index contributed by atoms with van der Waals surface area (Å²) in [6.45, 7) is 5.53. The first-order chi connectivity index (χ1) is 7.74. The van der Waals surface area contributed by atoms with Gasteiger partial charge in [-0.25, -0.2) is 0 Å². The number of hydrogen-bond acceptors (Lipinski definition) is 3. The standard InChI is InChI=1S/C12H20N2O2/c1-3-6-14-12(15)4-7-13-10(2)11-5-8-16-9-11/h5,8-10,13H,3-4,6-7H2,1-2H3,(H,14,15). The van der Waals surface area contributed by atoms with E-state index >= 15 is 0 Å². The van der Waals surface area contributed by atoms with Crippen LogP contribution in [0.3, 0.4) is 0 Å². The van der Waals surface area contributed by atoms with Crippen LogP contribution >= 0.6 is 0 Å². The van der Waals surface area contributed by atoms with E-state index < -0.39 is 0 Å². The molecular weight excluding hydrogens is 204 g/mol. The second-order valence-corrected chi connectivity index (χ2v) is 3.83. The van der Waals surface area contributed by atoms with E-state index in [2.05, 4.69) is 17.6 Å². The van der Waals surface area contributed by atoms with E-state index in [9.17, 15) is 4.79 Å². The van der Waals surface area contributed by atoms with Gasteiger partial charge in [0.25, 0.3) is 0 Å². The predicted molar refractivity (Wildman–Crippen MR) is 63.0 cm³/mol. The molecule has 1 atom stereocenters. The highest BCUT2D eigenvalue weighted by Gasteiger charge is 2.06. The lowest BCUT2D eigenvalue weighted by Gasteiger charge is -2.11. The molecule has 1 rings (SSSR count). The topological polar surface area (TPSA) is 54.3 Å². The summed E-state index contributed by atoms with van der Waals surface area (Å²) in [5, 5.41) is 6.11. The monoisotopic (exact) mass is 224 g/mol. The molecule has 1 unspecified atom stereocenters. The molecule has 0 bridgehead atoms. The zero-order chi connectivity index (χ0) is 11.8. The smallest absolute Gasteiger partial charge is 0.221 e. The highest BCUT2D eigenvalue weighted by atomic mass is 16.3. The van der Waals surface area contributed by atoms with E-state index in [1.165, 1.54) is 0 Å². The van der Waals surface area contributed by atoms with Gasteiger partial charge in [-0.1, -0.05) is 6.92 Å². The van der Waals surface area contributed by atoms with Crippen LogP contribution in [0.2, 0.25) is 0 Å². The molecule has 90 valence electrons. The number of rotatable bonds is 7. The van der Waals surface area contributed by atoms with Crippen molar-refractivity contribution in [2.45, 2.75) is 32.7 Å². The van der Waals surface area contributed by atoms with E-state index in [0.717, 1.165) is 18.5 Å². The molecule has 0 radical (unpaired) electrons. The van der Waals surface area contributed by atoms with Crippen LogP contribution in [0, 0.1) is 0 Å². The van der Waals surface area contributed by atoms with E-state index in [1.54, 1.807) is 12.5 Å². The molecule has 0 spiro atoms. The summed E-state index contributed by atoms with van der Waals surface area (Å²) < 4.78 is 5.00. The first kappa shape index (κ1) is 12.8. The number of hydrogen-bond donors (Lipinski definition) is 2. The minimum Gasteiger partial charge on any atom is -0.472 e. The summed E-state index contributed by atoms with van der Waals surface area (Å²) in [6.07, 6.45) is 4.86. The number of amides is 1. The lowest BCUT2D eigenvalue weighted by atomic mass is 10.2. The zero-order valence-electron chi connectivity index (χ0n) is 9.95. The zero-order valence-corrected chi connectivity index (χ0v) is 9.95. The molecule has 1 heterocycles. The van der Waals surface area contributed by atoms with Crippen molar-refractivity contribution in [2.24, 2.45) is 0 Å². The predicted octanol–water partition coefficient (Wildman–Crippen LogP) is 1.85. The molecule has 4 nitrogen and oxygen atoms in total. The summed E-state index contributed by atoms with van der Waals surface area (Å²) >= 11 is 0. The van der Waals surface area contributed by atoms with Crippen LogP contribution in [0.5, 0.6) is 0 Å². The third-order valence-corrected chi connectivity index (χ3v) is 2.42. The Labute approximate surface area is 96.4 Å². The van der Waals surface area contributed by atoms with Gasteiger partial charge in [-0.05, 0) is 19.4 Å². The molecule has 0 aliphatic carbocycles. The summed E-state index contributed by atoms with van der Waals surface area (Å²) in [7, 11) is 0. The third kappa shape index (κ3) is 4.49. The Kier molecular flexibility index (Phi) is 5.64. The van der Waals surface area contributed by atoms with Gasteiger partial charge in [0.2, 0.25) is 5.91 Å². The molecule has 0 aliphatic rings. The lowest BCUT2D eigenvalue weighted by molar-refractivity contribution is -0.121. The summed E-state index contributed by atoms with van der Waals surface area (Å²) in [4.78, 5) is 11.3. The van der Waals surface area contributed by atoms with Gasteiger partial charge in [0.1, 0.15) is 0 Å². The molecule has 0 saturated heterocycles. The van der Waals surface area contributed by atoms with Crippen LogP contribution in [-0.4, -0.2) is 19.0 Å². The van der Waals surface area contributed by atoms with Crippen molar-refractivity contribution in [1.82, 2.24) is 10.6 Å². The van der Waals surface area contributed by atoms with Gasteiger partial charge in [-0.15, -0.1) is 0 Å². The van der Waals surface area contributed by atoms with E-state index in [1.807, 2.05) is 13.0 Å². The van der Waals surface area contributed by atoms with Crippen LogP contribution in [0.15, 0.2) is 23.0 Å². The molecule has 0 saturated carbocycles. The summed E-state index contributed by atoms with van der Waals surface area (Å²) in [5.74, 6) is 0.105. The van der Waals surface area contributed by atoms with Crippen molar-refractivity contribution >= 4 is 5.91 Å². The van der Waals surface area contributed by atoms with Crippen LogP contribution in [-0.2, 0) is 4.79 Å². The number of furan rings is 1. The van der Waals surface area contributed by atoms with E-state index in [4.69, 9.17) is 4.42 Å². The van der Waals surface area contributed by atoms with Crippen LogP contribution in [0.1, 0.15) is 38.3 Å². The van der Waals surface area contributed by atoms with Crippen molar-refractivity contribution in [2.75, 3.05) is 13.1 Å².